The van der Waals surface area contributed by atoms with E-state index in [-0.39, 0.29) is 56.7 Å². The summed E-state index contributed by atoms with van der Waals surface area (Å²) in [6, 6.07) is 34.4. The summed E-state index contributed by atoms with van der Waals surface area (Å²) in [6.45, 7) is 39.2. The Hall–Kier alpha value is -5.42. The number of furan rings is 1. The molecule has 0 N–H and O–H groups in total. The average molecular weight is 952 g/mol. The zero-order chi connectivity index (χ0) is 50.8. The van der Waals surface area contributed by atoms with Gasteiger partial charge < -0.3 is 18.8 Å². The van der Waals surface area contributed by atoms with Crippen LogP contribution in [0.3, 0.4) is 0 Å². The fourth-order valence-corrected chi connectivity index (χ4v) is 15.2. The summed E-state index contributed by atoms with van der Waals surface area (Å²) < 4.78 is 9.81. The average Bonchev–Trinajstić information content (AvgIpc) is 3.91. The number of hydrogen-bond donors (Lipinski definition) is 0. The van der Waals surface area contributed by atoms with Gasteiger partial charge in [-0.15, -0.1) is 0 Å². The molecule has 0 amide bonds. The van der Waals surface area contributed by atoms with Crippen LogP contribution in [-0.2, 0) is 21.7 Å². The van der Waals surface area contributed by atoms with Crippen LogP contribution in [0.4, 0.5) is 22.7 Å². The minimum Gasteiger partial charge on any atom is -0.454 e. The lowest BCUT2D eigenvalue weighted by atomic mass is 9.33. The van der Waals surface area contributed by atoms with E-state index in [0.29, 0.717) is 0 Å². The predicted octanol–water partition coefficient (Wildman–Crippen LogP) is 16.2. The van der Waals surface area contributed by atoms with E-state index in [4.69, 9.17) is 4.42 Å². The molecule has 5 heterocycles. The molecular weight excluding hydrogens is 874 g/mol. The number of hydrogen-bond acceptors (Lipinski definition) is 3. The number of aromatic nitrogens is 1. The van der Waals surface area contributed by atoms with Gasteiger partial charge in [-0.1, -0.05) is 171 Å². The summed E-state index contributed by atoms with van der Waals surface area (Å²) in [7, 11) is 0. The van der Waals surface area contributed by atoms with Crippen molar-refractivity contribution in [2.24, 2.45) is 16.7 Å². The standard InChI is InChI=1S/C67H78BN3O/c1-39-31-46-47(65(13,14)30-29-64(46,11)12)38-52(39)69-53-35-41(62(5,6)7)23-25-49(53)68-50-34-42(63(8,9)10)32-45-58(50)70(59-44-21-17-18-22-56(44)72-60(45)59)55-37-43(36-54(69)57(55)68)71-51-26-24-40(61(2,3)4)33-48(51)66(15)27-19-20-28-67(66,71)16/h17-18,21-26,31-39,52H,19-20,27-30H2,1-16H3. The fourth-order valence-electron chi connectivity index (χ4n) is 15.2. The maximum Gasteiger partial charge on any atom is 0.252 e. The summed E-state index contributed by atoms with van der Waals surface area (Å²) in [5.41, 5.74) is 24.1. The Morgan fingerprint density at radius 2 is 1.21 bits per heavy atom. The molecule has 0 spiro atoms. The van der Waals surface area contributed by atoms with Crippen molar-refractivity contribution < 1.29 is 4.42 Å². The molecule has 4 unspecified atom stereocenters. The molecule has 3 aliphatic heterocycles. The van der Waals surface area contributed by atoms with Crippen LogP contribution < -0.4 is 26.2 Å². The lowest BCUT2D eigenvalue weighted by molar-refractivity contribution is 0.195. The molecule has 7 aromatic rings. The molecule has 2 aromatic heterocycles. The van der Waals surface area contributed by atoms with E-state index < -0.39 is 0 Å². The zero-order valence-corrected chi connectivity index (χ0v) is 46.5. The number of allylic oxidation sites excluding steroid dienone is 2. The normalized spacial score (nSPS) is 25.0. The van der Waals surface area contributed by atoms with Gasteiger partial charge in [0.2, 0.25) is 0 Å². The third-order valence-electron chi connectivity index (χ3n) is 19.9. The first-order valence-electron chi connectivity index (χ1n) is 27.8. The minimum atomic E-state index is -0.130. The molecule has 5 heteroatoms. The van der Waals surface area contributed by atoms with Gasteiger partial charge in [-0.25, -0.2) is 0 Å². The second kappa shape index (κ2) is 14.5. The summed E-state index contributed by atoms with van der Waals surface area (Å²) in [5.74, 6) is 0.271. The van der Waals surface area contributed by atoms with E-state index in [0.717, 1.165) is 17.6 Å². The third-order valence-corrected chi connectivity index (χ3v) is 19.9. The number of benzene rings is 5. The molecule has 0 bridgehead atoms. The minimum absolute atomic E-state index is 0.0149. The van der Waals surface area contributed by atoms with Gasteiger partial charge in [0, 0.05) is 44.6 Å². The van der Waals surface area contributed by atoms with E-state index in [1.165, 1.54) is 121 Å². The van der Waals surface area contributed by atoms with Crippen molar-refractivity contribution in [3.63, 3.8) is 0 Å². The molecule has 2 fully saturated rings. The Bertz CT molecular complexity index is 3570. The molecule has 4 nitrogen and oxygen atoms in total. The van der Waals surface area contributed by atoms with E-state index in [1.54, 1.807) is 11.1 Å². The van der Waals surface area contributed by atoms with Crippen LogP contribution in [0.1, 0.15) is 172 Å². The van der Waals surface area contributed by atoms with E-state index in [1.807, 2.05) is 0 Å². The largest absolute Gasteiger partial charge is 0.454 e. The molecule has 72 heavy (non-hydrogen) atoms. The quantitative estimate of drug-likeness (QED) is 0.161. The van der Waals surface area contributed by atoms with Crippen LogP contribution in [0.5, 0.6) is 0 Å². The van der Waals surface area contributed by atoms with Gasteiger partial charge in [-0.3, -0.25) is 0 Å². The van der Waals surface area contributed by atoms with Crippen molar-refractivity contribution in [1.29, 1.82) is 0 Å². The highest BCUT2D eigenvalue weighted by molar-refractivity contribution is 7.00. The van der Waals surface area contributed by atoms with Gasteiger partial charge in [-0.2, -0.15) is 0 Å². The fraction of sp³-hybridized carbons (Fsp3) is 0.463. The van der Waals surface area contributed by atoms with Crippen LogP contribution in [0.15, 0.2) is 113 Å². The molecule has 13 rings (SSSR count). The molecule has 370 valence electrons. The maximum absolute atomic E-state index is 7.13. The molecule has 5 aromatic carbocycles. The Kier molecular flexibility index (Phi) is 9.31. The van der Waals surface area contributed by atoms with E-state index >= 15 is 0 Å². The van der Waals surface area contributed by atoms with Crippen LogP contribution in [0.2, 0.25) is 0 Å². The summed E-state index contributed by atoms with van der Waals surface area (Å²) in [5, 5.41) is 2.39. The lowest BCUT2D eigenvalue weighted by Crippen LogP contribution is -2.62. The van der Waals surface area contributed by atoms with E-state index in [2.05, 4.69) is 222 Å². The second-order valence-corrected chi connectivity index (χ2v) is 28.5. The Labute approximate surface area is 431 Å². The topological polar surface area (TPSA) is 24.6 Å². The van der Waals surface area contributed by atoms with Crippen molar-refractivity contribution in [2.75, 3.05) is 9.80 Å². The monoisotopic (exact) mass is 952 g/mol. The summed E-state index contributed by atoms with van der Waals surface area (Å²) in [6.07, 6.45) is 12.7. The molecular formula is C67H78BN3O. The summed E-state index contributed by atoms with van der Waals surface area (Å²) in [4.78, 5) is 5.73. The van der Waals surface area contributed by atoms with Gasteiger partial charge in [0.1, 0.15) is 11.1 Å². The van der Waals surface area contributed by atoms with Gasteiger partial charge in [0.05, 0.1) is 17.1 Å². The van der Waals surface area contributed by atoms with Crippen LogP contribution in [0.25, 0.3) is 38.7 Å². The Morgan fingerprint density at radius 3 is 1.92 bits per heavy atom. The van der Waals surface area contributed by atoms with Gasteiger partial charge in [0.15, 0.2) is 5.58 Å². The zero-order valence-electron chi connectivity index (χ0n) is 46.5. The highest BCUT2D eigenvalue weighted by Gasteiger charge is 2.58. The smallest absolute Gasteiger partial charge is 0.252 e. The highest BCUT2D eigenvalue weighted by atomic mass is 16.3. The molecule has 0 radical (unpaired) electrons. The van der Waals surface area contributed by atoms with Gasteiger partial charge >= 0.3 is 0 Å². The number of anilines is 4. The van der Waals surface area contributed by atoms with Crippen molar-refractivity contribution >= 4 is 78.8 Å². The first-order valence-corrected chi connectivity index (χ1v) is 27.8. The Morgan fingerprint density at radius 1 is 0.569 bits per heavy atom. The predicted molar refractivity (Wildman–Crippen MR) is 309 cm³/mol. The number of fused-ring (bicyclic) bond motifs is 13. The summed E-state index contributed by atoms with van der Waals surface area (Å²) >= 11 is 0. The number of nitrogens with zero attached hydrogens (tertiary/aromatic N) is 3. The van der Waals surface area contributed by atoms with Gasteiger partial charge in [0.25, 0.3) is 6.71 Å². The van der Waals surface area contributed by atoms with Crippen LogP contribution in [0, 0.1) is 16.7 Å². The molecule has 0 saturated heterocycles. The van der Waals surface area contributed by atoms with Crippen molar-refractivity contribution in [3.8, 4) is 5.69 Å². The molecule has 4 atom stereocenters. The van der Waals surface area contributed by atoms with Gasteiger partial charge in [-0.05, 0) is 158 Å². The number of para-hydroxylation sites is 1. The third kappa shape index (κ3) is 6.12. The molecule has 2 saturated carbocycles. The van der Waals surface area contributed by atoms with Crippen molar-refractivity contribution in [1.82, 2.24) is 4.57 Å². The first kappa shape index (κ1) is 46.4. The highest BCUT2D eigenvalue weighted by Crippen LogP contribution is 2.62. The SMILES string of the molecule is CC1C=C2C(=CC1N1c3cc(C(C)(C)C)ccc3B3c4c1cc(N1c5ccc(C(C)(C)C)cc5C5(C)CCCCC15C)cc4-n1c4c3cc(C(C)(C)C)cc4c3oc4ccccc4c31)C(C)(C)CCC2(C)C. The first-order chi connectivity index (χ1) is 33.7. The van der Waals surface area contributed by atoms with Crippen LogP contribution >= 0.6 is 0 Å². The van der Waals surface area contributed by atoms with Crippen LogP contribution in [-0.4, -0.2) is 22.9 Å². The molecule has 3 aliphatic carbocycles. The number of rotatable bonds is 2. The van der Waals surface area contributed by atoms with E-state index in [9.17, 15) is 0 Å². The van der Waals surface area contributed by atoms with Crippen molar-refractivity contribution in [2.45, 2.75) is 183 Å². The molecule has 6 aliphatic rings. The maximum atomic E-state index is 7.13. The van der Waals surface area contributed by atoms with Crippen molar-refractivity contribution in [3.05, 3.63) is 130 Å². The lowest BCUT2D eigenvalue weighted by Gasteiger charge is -2.52. The Balaban J connectivity index is 1.19. The second-order valence-electron chi connectivity index (χ2n) is 28.5.